The second-order valence-electron chi connectivity index (χ2n) is 5.51. The highest BCUT2D eigenvalue weighted by Crippen LogP contribution is 2.08. The van der Waals surface area contributed by atoms with Crippen LogP contribution in [0.3, 0.4) is 0 Å². The van der Waals surface area contributed by atoms with Gasteiger partial charge >= 0.3 is 0 Å². The molecule has 3 rings (SSSR count). The van der Waals surface area contributed by atoms with Crippen molar-refractivity contribution in [2.24, 2.45) is 4.99 Å². The van der Waals surface area contributed by atoms with Gasteiger partial charge in [0, 0.05) is 32.2 Å². The number of para-hydroxylation sites is 1. The third-order valence-electron chi connectivity index (χ3n) is 3.67. The molecular formula is C19H23IN6O. The second kappa shape index (κ2) is 11.2. The summed E-state index contributed by atoms with van der Waals surface area (Å²) in [5.41, 5.74) is 1.10. The molecule has 142 valence electrons. The molecule has 0 atom stereocenters. The van der Waals surface area contributed by atoms with Gasteiger partial charge in [-0.2, -0.15) is 0 Å². The number of nitrogens with one attached hydrogen (secondary N) is 2. The average molecular weight is 478 g/mol. The molecule has 0 unspecified atom stereocenters. The molecule has 0 fully saturated rings. The molecule has 0 aliphatic carbocycles. The van der Waals surface area contributed by atoms with E-state index in [0.717, 1.165) is 23.1 Å². The Labute approximate surface area is 175 Å². The number of benzene rings is 1. The quantitative estimate of drug-likeness (QED) is 0.236. The highest BCUT2D eigenvalue weighted by Gasteiger charge is 2.02. The van der Waals surface area contributed by atoms with Gasteiger partial charge in [-0.05, 0) is 29.8 Å². The lowest BCUT2D eigenvalue weighted by Gasteiger charge is -2.13. The van der Waals surface area contributed by atoms with E-state index in [1.165, 1.54) is 0 Å². The summed E-state index contributed by atoms with van der Waals surface area (Å²) < 4.78 is 7.53. The SMILES string of the molecule is CN=C(NCCOc1ccccc1)NCc1ccnc(-n2ccnc2)c1.I. The minimum atomic E-state index is 0. The first-order chi connectivity index (χ1) is 12.8. The van der Waals surface area contributed by atoms with E-state index in [-0.39, 0.29) is 24.0 Å². The van der Waals surface area contributed by atoms with Crippen molar-refractivity contribution >= 4 is 29.9 Å². The van der Waals surface area contributed by atoms with Crippen LogP contribution in [-0.4, -0.2) is 40.7 Å². The van der Waals surface area contributed by atoms with Crippen LogP contribution >= 0.6 is 24.0 Å². The van der Waals surface area contributed by atoms with Crippen LogP contribution in [0.5, 0.6) is 5.75 Å². The molecular weight excluding hydrogens is 455 g/mol. The Hall–Kier alpha value is -2.62. The van der Waals surface area contributed by atoms with Gasteiger partial charge in [0.1, 0.15) is 24.5 Å². The first-order valence-corrected chi connectivity index (χ1v) is 8.41. The van der Waals surface area contributed by atoms with Crippen LogP contribution in [-0.2, 0) is 6.54 Å². The number of rotatable bonds is 7. The molecule has 2 N–H and O–H groups in total. The molecule has 0 aliphatic rings. The first kappa shape index (κ1) is 20.7. The Morgan fingerprint density at radius 1 is 1.15 bits per heavy atom. The fourth-order valence-electron chi connectivity index (χ4n) is 2.37. The molecule has 7 nitrogen and oxygen atoms in total. The molecule has 2 heterocycles. The fourth-order valence-corrected chi connectivity index (χ4v) is 2.37. The minimum absolute atomic E-state index is 0. The van der Waals surface area contributed by atoms with Gasteiger partial charge in [-0.15, -0.1) is 24.0 Å². The molecule has 0 aliphatic heterocycles. The molecule has 0 spiro atoms. The molecule has 8 heteroatoms. The van der Waals surface area contributed by atoms with Gasteiger partial charge in [-0.3, -0.25) is 9.56 Å². The van der Waals surface area contributed by atoms with E-state index in [9.17, 15) is 0 Å². The number of halogens is 1. The van der Waals surface area contributed by atoms with E-state index < -0.39 is 0 Å². The number of hydrogen-bond acceptors (Lipinski definition) is 4. The number of aromatic nitrogens is 3. The van der Waals surface area contributed by atoms with E-state index in [2.05, 4.69) is 25.6 Å². The molecule has 0 radical (unpaired) electrons. The van der Waals surface area contributed by atoms with Gasteiger partial charge in [-0.25, -0.2) is 9.97 Å². The van der Waals surface area contributed by atoms with E-state index in [0.29, 0.717) is 19.7 Å². The Kier molecular flexibility index (Phi) is 8.56. The van der Waals surface area contributed by atoms with Crippen LogP contribution in [0.25, 0.3) is 5.82 Å². The molecule has 0 bridgehead atoms. The normalized spacial score (nSPS) is 10.8. The van der Waals surface area contributed by atoms with E-state index in [4.69, 9.17) is 4.74 Å². The molecule has 0 amide bonds. The maximum absolute atomic E-state index is 5.66. The van der Waals surface area contributed by atoms with Crippen molar-refractivity contribution in [1.29, 1.82) is 0 Å². The zero-order valence-corrected chi connectivity index (χ0v) is 17.4. The first-order valence-electron chi connectivity index (χ1n) is 8.41. The van der Waals surface area contributed by atoms with Crippen LogP contribution < -0.4 is 15.4 Å². The molecule has 3 aromatic rings. The Morgan fingerprint density at radius 2 is 2.00 bits per heavy atom. The van der Waals surface area contributed by atoms with Crippen LogP contribution in [0.4, 0.5) is 0 Å². The lowest BCUT2D eigenvalue weighted by Crippen LogP contribution is -2.38. The summed E-state index contributed by atoms with van der Waals surface area (Å²) in [4.78, 5) is 12.6. The summed E-state index contributed by atoms with van der Waals surface area (Å²) in [5.74, 6) is 2.42. The van der Waals surface area contributed by atoms with Crippen molar-refractivity contribution in [2.75, 3.05) is 20.2 Å². The van der Waals surface area contributed by atoms with Crippen molar-refractivity contribution in [3.63, 3.8) is 0 Å². The van der Waals surface area contributed by atoms with Gasteiger partial charge in [0.05, 0.1) is 6.54 Å². The van der Waals surface area contributed by atoms with Gasteiger partial charge < -0.3 is 15.4 Å². The van der Waals surface area contributed by atoms with Crippen LogP contribution in [0, 0.1) is 0 Å². The number of ether oxygens (including phenoxy) is 1. The number of aliphatic imine (C=N–C) groups is 1. The van der Waals surface area contributed by atoms with E-state index in [1.807, 2.05) is 53.2 Å². The van der Waals surface area contributed by atoms with Gasteiger partial charge in [0.15, 0.2) is 5.96 Å². The number of pyridine rings is 1. The molecule has 0 saturated carbocycles. The maximum atomic E-state index is 5.66. The Bertz CT molecular complexity index is 823. The van der Waals surface area contributed by atoms with Crippen molar-refractivity contribution < 1.29 is 4.74 Å². The molecule has 27 heavy (non-hydrogen) atoms. The molecule has 2 aromatic heterocycles. The van der Waals surface area contributed by atoms with Crippen molar-refractivity contribution in [2.45, 2.75) is 6.54 Å². The third-order valence-corrected chi connectivity index (χ3v) is 3.67. The third kappa shape index (κ3) is 6.55. The van der Waals surface area contributed by atoms with Gasteiger partial charge in [0.2, 0.25) is 0 Å². The van der Waals surface area contributed by atoms with Crippen LogP contribution in [0.15, 0.2) is 72.4 Å². The average Bonchev–Trinajstić information content (AvgIpc) is 3.23. The van der Waals surface area contributed by atoms with Crippen molar-refractivity contribution in [1.82, 2.24) is 25.2 Å². The standard InChI is InChI=1S/C19H22N6O.HI/c1-20-19(23-10-12-26-17-5-3-2-4-6-17)24-14-16-7-8-22-18(13-16)25-11-9-21-15-25;/h2-9,11,13,15H,10,12,14H2,1H3,(H2,20,23,24);1H. The summed E-state index contributed by atoms with van der Waals surface area (Å²) >= 11 is 0. The largest absolute Gasteiger partial charge is 0.492 e. The monoisotopic (exact) mass is 478 g/mol. The zero-order chi connectivity index (χ0) is 18.0. The fraction of sp³-hybridized carbons (Fsp3) is 0.211. The van der Waals surface area contributed by atoms with Crippen LogP contribution in [0.2, 0.25) is 0 Å². The molecule has 0 saturated heterocycles. The molecule has 1 aromatic carbocycles. The summed E-state index contributed by atoms with van der Waals surface area (Å²) in [6.07, 6.45) is 7.12. The topological polar surface area (TPSA) is 76.4 Å². The lowest BCUT2D eigenvalue weighted by atomic mass is 10.2. The summed E-state index contributed by atoms with van der Waals surface area (Å²) in [5, 5.41) is 6.52. The number of hydrogen-bond donors (Lipinski definition) is 2. The van der Waals surface area contributed by atoms with Crippen molar-refractivity contribution in [3.8, 4) is 11.6 Å². The summed E-state index contributed by atoms with van der Waals surface area (Å²) in [7, 11) is 1.75. The van der Waals surface area contributed by atoms with Crippen LogP contribution in [0.1, 0.15) is 5.56 Å². The van der Waals surface area contributed by atoms with E-state index >= 15 is 0 Å². The summed E-state index contributed by atoms with van der Waals surface area (Å²) in [6, 6.07) is 13.7. The zero-order valence-electron chi connectivity index (χ0n) is 15.1. The second-order valence-corrected chi connectivity index (χ2v) is 5.51. The summed E-state index contributed by atoms with van der Waals surface area (Å²) in [6.45, 7) is 1.86. The van der Waals surface area contributed by atoms with Gasteiger partial charge in [-0.1, -0.05) is 18.2 Å². The highest BCUT2D eigenvalue weighted by molar-refractivity contribution is 14.0. The minimum Gasteiger partial charge on any atom is -0.492 e. The number of imidazole rings is 1. The predicted molar refractivity (Wildman–Crippen MR) is 117 cm³/mol. The Balaban J connectivity index is 0.00000261. The smallest absolute Gasteiger partial charge is 0.191 e. The Morgan fingerprint density at radius 3 is 2.74 bits per heavy atom. The highest BCUT2D eigenvalue weighted by atomic mass is 127. The maximum Gasteiger partial charge on any atom is 0.191 e. The van der Waals surface area contributed by atoms with Crippen molar-refractivity contribution in [3.05, 3.63) is 72.9 Å². The van der Waals surface area contributed by atoms with E-state index in [1.54, 1.807) is 25.8 Å². The van der Waals surface area contributed by atoms with Gasteiger partial charge in [0.25, 0.3) is 0 Å². The number of nitrogens with zero attached hydrogens (tertiary/aromatic N) is 4. The predicted octanol–water partition coefficient (Wildman–Crippen LogP) is 2.63. The lowest BCUT2D eigenvalue weighted by molar-refractivity contribution is 0.322. The number of guanidine groups is 1.